The van der Waals surface area contributed by atoms with E-state index in [-0.39, 0.29) is 0 Å². The minimum Gasteiger partial charge on any atom is -0.309 e. The molecule has 0 fully saturated rings. The quantitative estimate of drug-likeness (QED) is 0.396. The zero-order chi connectivity index (χ0) is 16.6. The molecule has 0 N–H and O–H groups in total. The Hall–Kier alpha value is -3.06. The van der Waals surface area contributed by atoms with Crippen LogP contribution in [0.3, 0.4) is 0 Å². The van der Waals surface area contributed by atoms with Crippen LogP contribution in [0, 0.1) is 0 Å². The van der Waals surface area contributed by atoms with Gasteiger partial charge in [-0.15, -0.1) is 0 Å². The zero-order valence-corrected chi connectivity index (χ0v) is 14.0. The number of benzene rings is 3. The van der Waals surface area contributed by atoms with Crippen LogP contribution >= 0.6 is 0 Å². The number of nitrogens with zero attached hydrogens (tertiary/aromatic N) is 1. The van der Waals surface area contributed by atoms with Gasteiger partial charge in [-0.05, 0) is 48.2 Å². The van der Waals surface area contributed by atoms with E-state index >= 15 is 0 Å². The van der Waals surface area contributed by atoms with Crippen LogP contribution in [0.2, 0.25) is 0 Å². The standard InChI is InChI=1S/C24H19N/c1-2-9-18(10-3-1)19-11-8-12-20(17-19)25-23-15-6-4-13-21(23)22-14-5-7-16-24(22)25/h1-2,4-9,11-17H,3,10H2. The second-order valence-electron chi connectivity index (χ2n) is 6.58. The number of aromatic nitrogens is 1. The first-order valence-corrected chi connectivity index (χ1v) is 8.86. The van der Waals surface area contributed by atoms with Crippen molar-refractivity contribution in [3.8, 4) is 5.69 Å². The van der Waals surface area contributed by atoms with E-state index in [1.165, 1.54) is 38.6 Å². The molecule has 3 aromatic carbocycles. The summed E-state index contributed by atoms with van der Waals surface area (Å²) in [5.74, 6) is 0. The first kappa shape index (κ1) is 14.3. The third-order valence-corrected chi connectivity index (χ3v) is 5.07. The molecule has 0 spiro atoms. The van der Waals surface area contributed by atoms with Gasteiger partial charge in [-0.2, -0.15) is 0 Å². The van der Waals surface area contributed by atoms with Gasteiger partial charge in [-0.25, -0.2) is 0 Å². The van der Waals surface area contributed by atoms with Gasteiger partial charge in [0, 0.05) is 16.5 Å². The van der Waals surface area contributed by atoms with Gasteiger partial charge in [0.05, 0.1) is 11.0 Å². The highest BCUT2D eigenvalue weighted by Gasteiger charge is 2.12. The molecule has 0 radical (unpaired) electrons. The third-order valence-electron chi connectivity index (χ3n) is 5.07. The van der Waals surface area contributed by atoms with E-state index in [2.05, 4.69) is 95.6 Å². The molecule has 1 nitrogen and oxygen atoms in total. The second kappa shape index (κ2) is 5.78. The first-order chi connectivity index (χ1) is 12.4. The lowest BCUT2D eigenvalue weighted by Crippen LogP contribution is -1.96. The molecule has 0 bridgehead atoms. The van der Waals surface area contributed by atoms with Crippen LogP contribution in [0.15, 0.2) is 91.0 Å². The van der Waals surface area contributed by atoms with Crippen molar-refractivity contribution in [2.24, 2.45) is 0 Å². The van der Waals surface area contributed by atoms with Crippen molar-refractivity contribution < 1.29 is 0 Å². The molecule has 1 heterocycles. The van der Waals surface area contributed by atoms with Crippen LogP contribution in [0.5, 0.6) is 0 Å². The maximum absolute atomic E-state index is 2.38. The summed E-state index contributed by atoms with van der Waals surface area (Å²) in [5.41, 5.74) is 6.50. The largest absolute Gasteiger partial charge is 0.309 e. The molecule has 1 aliphatic carbocycles. The summed E-state index contributed by atoms with van der Waals surface area (Å²) < 4.78 is 2.38. The normalized spacial score (nSPS) is 14.2. The molecule has 120 valence electrons. The summed E-state index contributed by atoms with van der Waals surface area (Å²) in [6.07, 6.45) is 8.90. The highest BCUT2D eigenvalue weighted by Crippen LogP contribution is 2.33. The van der Waals surface area contributed by atoms with Crippen LogP contribution in [-0.2, 0) is 0 Å². The summed E-state index contributed by atoms with van der Waals surface area (Å²) >= 11 is 0. The summed E-state index contributed by atoms with van der Waals surface area (Å²) in [4.78, 5) is 0. The molecule has 0 amide bonds. The van der Waals surface area contributed by atoms with Gasteiger partial charge in [-0.3, -0.25) is 0 Å². The number of rotatable bonds is 2. The number of fused-ring (bicyclic) bond motifs is 3. The fourth-order valence-corrected chi connectivity index (χ4v) is 3.89. The molecule has 1 heteroatoms. The van der Waals surface area contributed by atoms with Gasteiger partial charge in [0.25, 0.3) is 0 Å². The van der Waals surface area contributed by atoms with E-state index in [4.69, 9.17) is 0 Å². The molecule has 1 aliphatic rings. The highest BCUT2D eigenvalue weighted by atomic mass is 15.0. The Morgan fingerprint density at radius 2 is 1.44 bits per heavy atom. The average molecular weight is 321 g/mol. The number of hydrogen-bond donors (Lipinski definition) is 0. The monoisotopic (exact) mass is 321 g/mol. The Morgan fingerprint density at radius 1 is 0.720 bits per heavy atom. The van der Waals surface area contributed by atoms with Gasteiger partial charge < -0.3 is 4.57 Å². The van der Waals surface area contributed by atoms with E-state index in [9.17, 15) is 0 Å². The molecule has 1 aromatic heterocycles. The second-order valence-corrected chi connectivity index (χ2v) is 6.58. The molecular formula is C24H19N. The molecule has 0 saturated carbocycles. The Morgan fingerprint density at radius 3 is 2.12 bits per heavy atom. The number of allylic oxidation sites excluding steroid dienone is 4. The molecule has 0 aliphatic heterocycles. The third kappa shape index (κ3) is 2.32. The van der Waals surface area contributed by atoms with E-state index in [0.717, 1.165) is 12.8 Å². The Balaban J connectivity index is 1.78. The van der Waals surface area contributed by atoms with Crippen LogP contribution in [-0.4, -0.2) is 4.57 Å². The maximum atomic E-state index is 2.38. The Labute approximate surface area is 147 Å². The smallest absolute Gasteiger partial charge is 0.0541 e. The van der Waals surface area contributed by atoms with Crippen LogP contribution < -0.4 is 0 Å². The van der Waals surface area contributed by atoms with Gasteiger partial charge in [0.15, 0.2) is 0 Å². The van der Waals surface area contributed by atoms with Crippen molar-refractivity contribution in [3.05, 3.63) is 96.6 Å². The average Bonchev–Trinajstić information content (AvgIpc) is 3.03. The maximum Gasteiger partial charge on any atom is 0.0541 e. The minimum absolute atomic E-state index is 1.12. The van der Waals surface area contributed by atoms with Crippen LogP contribution in [0.4, 0.5) is 0 Å². The molecule has 0 atom stereocenters. The summed E-state index contributed by atoms with van der Waals surface area (Å²) in [7, 11) is 0. The van der Waals surface area contributed by atoms with Gasteiger partial charge >= 0.3 is 0 Å². The summed E-state index contributed by atoms with van der Waals surface area (Å²) in [5, 5.41) is 2.62. The predicted octanol–water partition coefficient (Wildman–Crippen LogP) is 6.52. The first-order valence-electron chi connectivity index (χ1n) is 8.86. The van der Waals surface area contributed by atoms with E-state index in [0.29, 0.717) is 0 Å². The lowest BCUT2D eigenvalue weighted by molar-refractivity contribution is 1.05. The topological polar surface area (TPSA) is 4.93 Å². The van der Waals surface area contributed by atoms with Crippen molar-refractivity contribution in [2.75, 3.05) is 0 Å². The number of hydrogen-bond acceptors (Lipinski definition) is 0. The lowest BCUT2D eigenvalue weighted by atomic mass is 9.97. The summed E-state index contributed by atoms with van der Waals surface area (Å²) in [6, 6.07) is 26.3. The van der Waals surface area contributed by atoms with Crippen LogP contribution in [0.25, 0.3) is 33.1 Å². The van der Waals surface area contributed by atoms with Crippen molar-refractivity contribution in [1.82, 2.24) is 4.57 Å². The van der Waals surface area contributed by atoms with E-state index in [1.807, 2.05) is 0 Å². The van der Waals surface area contributed by atoms with Gasteiger partial charge in [0.2, 0.25) is 0 Å². The van der Waals surface area contributed by atoms with Crippen molar-refractivity contribution in [2.45, 2.75) is 12.8 Å². The van der Waals surface area contributed by atoms with E-state index in [1.54, 1.807) is 0 Å². The predicted molar refractivity (Wildman–Crippen MR) is 107 cm³/mol. The lowest BCUT2D eigenvalue weighted by Gasteiger charge is -2.13. The number of para-hydroxylation sites is 2. The molecule has 0 saturated heterocycles. The highest BCUT2D eigenvalue weighted by molar-refractivity contribution is 6.09. The fraction of sp³-hybridized carbons (Fsp3) is 0.0833. The Bertz CT molecular complexity index is 1090. The summed E-state index contributed by atoms with van der Waals surface area (Å²) in [6.45, 7) is 0. The van der Waals surface area contributed by atoms with Crippen molar-refractivity contribution in [3.63, 3.8) is 0 Å². The van der Waals surface area contributed by atoms with Gasteiger partial charge in [-0.1, -0.05) is 66.8 Å². The fourth-order valence-electron chi connectivity index (χ4n) is 3.89. The molecular weight excluding hydrogens is 302 g/mol. The SMILES string of the molecule is C1=CCCC(c2cccc(-n3c4ccccc4c4ccccc43)c2)=C1. The van der Waals surface area contributed by atoms with Crippen molar-refractivity contribution >= 4 is 27.4 Å². The Kier molecular flexibility index (Phi) is 3.31. The van der Waals surface area contributed by atoms with Gasteiger partial charge in [0.1, 0.15) is 0 Å². The zero-order valence-electron chi connectivity index (χ0n) is 14.0. The molecule has 0 unspecified atom stereocenters. The minimum atomic E-state index is 1.12. The van der Waals surface area contributed by atoms with Crippen LogP contribution in [0.1, 0.15) is 18.4 Å². The molecule has 4 aromatic rings. The van der Waals surface area contributed by atoms with E-state index < -0.39 is 0 Å². The van der Waals surface area contributed by atoms with Crippen molar-refractivity contribution in [1.29, 1.82) is 0 Å². The molecule has 5 rings (SSSR count). The molecule has 25 heavy (non-hydrogen) atoms.